The summed E-state index contributed by atoms with van der Waals surface area (Å²) >= 11 is 1.74. The van der Waals surface area contributed by atoms with Crippen LogP contribution in [0.2, 0.25) is 0 Å². The van der Waals surface area contributed by atoms with Gasteiger partial charge in [0.2, 0.25) is 0 Å². The molecule has 1 aliphatic rings. The third-order valence-corrected chi connectivity index (χ3v) is 4.67. The van der Waals surface area contributed by atoms with Crippen molar-refractivity contribution in [1.29, 1.82) is 0 Å². The highest BCUT2D eigenvalue weighted by Gasteiger charge is 2.21. The molecule has 2 heterocycles. The smallest absolute Gasteiger partial charge is 0.0605 e. The van der Waals surface area contributed by atoms with Crippen molar-refractivity contribution >= 4 is 22.7 Å². The summed E-state index contributed by atoms with van der Waals surface area (Å²) in [7, 11) is 2.15. The van der Waals surface area contributed by atoms with Crippen LogP contribution in [0.5, 0.6) is 0 Å². The van der Waals surface area contributed by atoms with E-state index in [-0.39, 0.29) is 6.04 Å². The van der Waals surface area contributed by atoms with Crippen LogP contribution in [0.25, 0.3) is 0 Å². The monoisotopic (exact) mass is 273 g/mol. The van der Waals surface area contributed by atoms with E-state index in [4.69, 9.17) is 5.73 Å². The van der Waals surface area contributed by atoms with E-state index in [0.29, 0.717) is 0 Å². The molecular formula is C15H19N3S. The average molecular weight is 273 g/mol. The fraction of sp³-hybridized carbons (Fsp3) is 0.333. The van der Waals surface area contributed by atoms with Crippen LogP contribution in [-0.2, 0) is 0 Å². The van der Waals surface area contributed by atoms with Crippen molar-refractivity contribution in [2.75, 3.05) is 36.5 Å². The van der Waals surface area contributed by atoms with Gasteiger partial charge in [-0.1, -0.05) is 18.2 Å². The maximum atomic E-state index is 6.32. The molecule has 1 aromatic carbocycles. The first-order chi connectivity index (χ1) is 9.25. The van der Waals surface area contributed by atoms with E-state index in [9.17, 15) is 0 Å². The van der Waals surface area contributed by atoms with Gasteiger partial charge < -0.3 is 15.5 Å². The van der Waals surface area contributed by atoms with Gasteiger partial charge in [0.15, 0.2) is 0 Å². The lowest BCUT2D eigenvalue weighted by molar-refractivity contribution is 0.654. The SMILES string of the molecule is CN1CCN(CC(N)c2cccs2)c2ccccc21. The minimum absolute atomic E-state index is 0.0939. The number of nitrogens with zero attached hydrogens (tertiary/aromatic N) is 2. The van der Waals surface area contributed by atoms with Crippen molar-refractivity contribution in [3.63, 3.8) is 0 Å². The van der Waals surface area contributed by atoms with Crippen molar-refractivity contribution in [2.24, 2.45) is 5.73 Å². The molecule has 0 bridgehead atoms. The molecule has 1 atom stereocenters. The minimum atomic E-state index is 0.0939. The van der Waals surface area contributed by atoms with Crippen molar-refractivity contribution in [1.82, 2.24) is 0 Å². The topological polar surface area (TPSA) is 32.5 Å². The molecule has 3 nitrogen and oxygen atoms in total. The van der Waals surface area contributed by atoms with Crippen LogP contribution in [0.4, 0.5) is 11.4 Å². The van der Waals surface area contributed by atoms with E-state index < -0.39 is 0 Å². The van der Waals surface area contributed by atoms with E-state index in [2.05, 4.69) is 58.6 Å². The van der Waals surface area contributed by atoms with Crippen LogP contribution in [0.15, 0.2) is 41.8 Å². The summed E-state index contributed by atoms with van der Waals surface area (Å²) in [5, 5.41) is 2.09. The number of hydrogen-bond donors (Lipinski definition) is 1. The number of anilines is 2. The quantitative estimate of drug-likeness (QED) is 0.933. The summed E-state index contributed by atoms with van der Waals surface area (Å²) in [5.41, 5.74) is 8.91. The van der Waals surface area contributed by atoms with E-state index in [1.54, 1.807) is 11.3 Å². The predicted octanol–water partition coefficient (Wildman–Crippen LogP) is 2.70. The van der Waals surface area contributed by atoms with Crippen molar-refractivity contribution < 1.29 is 0 Å². The number of benzene rings is 1. The van der Waals surface area contributed by atoms with E-state index >= 15 is 0 Å². The lowest BCUT2D eigenvalue weighted by atomic mass is 10.1. The summed E-state index contributed by atoms with van der Waals surface area (Å²) in [6.45, 7) is 2.96. The van der Waals surface area contributed by atoms with Gasteiger partial charge in [0.05, 0.1) is 17.4 Å². The largest absolute Gasteiger partial charge is 0.371 e. The summed E-state index contributed by atoms with van der Waals surface area (Å²) in [6, 6.07) is 12.8. The Morgan fingerprint density at radius 1 is 1.16 bits per heavy atom. The van der Waals surface area contributed by atoms with Gasteiger partial charge in [-0.15, -0.1) is 11.3 Å². The van der Waals surface area contributed by atoms with Crippen molar-refractivity contribution in [2.45, 2.75) is 6.04 Å². The second-order valence-corrected chi connectivity index (χ2v) is 5.96. The molecule has 3 rings (SSSR count). The van der Waals surface area contributed by atoms with Crippen LogP contribution in [0, 0.1) is 0 Å². The van der Waals surface area contributed by atoms with Gasteiger partial charge in [-0.05, 0) is 23.6 Å². The fourth-order valence-electron chi connectivity index (χ4n) is 2.59. The number of nitrogens with two attached hydrogens (primary N) is 1. The van der Waals surface area contributed by atoms with E-state index in [0.717, 1.165) is 19.6 Å². The Hall–Kier alpha value is -1.52. The van der Waals surface area contributed by atoms with E-state index in [1.807, 2.05) is 0 Å². The number of para-hydroxylation sites is 2. The van der Waals surface area contributed by atoms with Gasteiger partial charge in [0, 0.05) is 31.6 Å². The molecule has 0 aliphatic carbocycles. The Kier molecular flexibility index (Phi) is 3.44. The second kappa shape index (κ2) is 5.23. The Labute approximate surface area is 118 Å². The van der Waals surface area contributed by atoms with Crippen LogP contribution >= 0.6 is 11.3 Å². The molecule has 19 heavy (non-hydrogen) atoms. The van der Waals surface area contributed by atoms with Crippen molar-refractivity contribution in [3.8, 4) is 0 Å². The second-order valence-electron chi connectivity index (χ2n) is 4.98. The Morgan fingerprint density at radius 3 is 2.68 bits per heavy atom. The van der Waals surface area contributed by atoms with Gasteiger partial charge in [-0.3, -0.25) is 0 Å². The molecule has 1 aliphatic heterocycles. The molecule has 0 amide bonds. The van der Waals surface area contributed by atoms with Gasteiger partial charge in [0.25, 0.3) is 0 Å². The van der Waals surface area contributed by atoms with Gasteiger partial charge >= 0.3 is 0 Å². The molecule has 1 unspecified atom stereocenters. The number of hydrogen-bond acceptors (Lipinski definition) is 4. The minimum Gasteiger partial charge on any atom is -0.371 e. The number of thiophene rings is 1. The van der Waals surface area contributed by atoms with Crippen LogP contribution in [-0.4, -0.2) is 26.7 Å². The number of fused-ring (bicyclic) bond motifs is 1. The molecule has 0 saturated heterocycles. The molecule has 0 radical (unpaired) electrons. The summed E-state index contributed by atoms with van der Waals surface area (Å²) in [4.78, 5) is 5.97. The first-order valence-corrected chi connectivity index (χ1v) is 7.48. The zero-order chi connectivity index (χ0) is 13.2. The van der Waals surface area contributed by atoms with Gasteiger partial charge in [-0.25, -0.2) is 0 Å². The third-order valence-electron chi connectivity index (χ3n) is 3.66. The molecule has 0 fully saturated rings. The average Bonchev–Trinajstić information content (AvgIpc) is 2.96. The normalized spacial score (nSPS) is 16.3. The lowest BCUT2D eigenvalue weighted by Crippen LogP contribution is -2.42. The highest BCUT2D eigenvalue weighted by molar-refractivity contribution is 7.10. The molecule has 2 aromatic rings. The molecule has 2 N–H and O–H groups in total. The van der Waals surface area contributed by atoms with Gasteiger partial charge in [-0.2, -0.15) is 0 Å². The van der Waals surface area contributed by atoms with Crippen LogP contribution in [0.1, 0.15) is 10.9 Å². The first kappa shape index (κ1) is 12.5. The molecule has 0 spiro atoms. The summed E-state index contributed by atoms with van der Waals surface area (Å²) < 4.78 is 0. The standard InChI is InChI=1S/C15H19N3S/c1-17-8-9-18(14-6-3-2-5-13(14)17)11-12(16)15-7-4-10-19-15/h2-7,10,12H,8-9,11,16H2,1H3. The third kappa shape index (κ3) is 2.46. The number of likely N-dealkylation sites (N-methyl/N-ethyl adjacent to an activating group) is 1. The van der Waals surface area contributed by atoms with Crippen LogP contribution < -0.4 is 15.5 Å². The zero-order valence-electron chi connectivity index (χ0n) is 11.1. The Morgan fingerprint density at radius 2 is 1.95 bits per heavy atom. The highest BCUT2D eigenvalue weighted by atomic mass is 32.1. The van der Waals surface area contributed by atoms with E-state index in [1.165, 1.54) is 16.3 Å². The van der Waals surface area contributed by atoms with Crippen molar-refractivity contribution in [3.05, 3.63) is 46.7 Å². The fourth-order valence-corrected chi connectivity index (χ4v) is 3.31. The predicted molar refractivity (Wildman–Crippen MR) is 83.2 cm³/mol. The summed E-state index contributed by atoms with van der Waals surface area (Å²) in [5.74, 6) is 0. The molecular weight excluding hydrogens is 254 g/mol. The molecule has 1 aromatic heterocycles. The first-order valence-electron chi connectivity index (χ1n) is 6.60. The number of rotatable bonds is 3. The molecule has 100 valence electrons. The molecule has 0 saturated carbocycles. The maximum absolute atomic E-state index is 6.32. The van der Waals surface area contributed by atoms with Gasteiger partial charge in [0.1, 0.15) is 0 Å². The Bertz CT molecular complexity index is 538. The highest BCUT2D eigenvalue weighted by Crippen LogP contribution is 2.32. The zero-order valence-corrected chi connectivity index (χ0v) is 11.9. The molecule has 4 heteroatoms. The van der Waals surface area contributed by atoms with Crippen LogP contribution in [0.3, 0.4) is 0 Å². The lowest BCUT2D eigenvalue weighted by Gasteiger charge is -2.38. The maximum Gasteiger partial charge on any atom is 0.0605 e. The Balaban J connectivity index is 1.81. The summed E-state index contributed by atoms with van der Waals surface area (Å²) in [6.07, 6.45) is 0.